The average molecular weight is 984 g/mol. The largest absolute Gasteiger partial charge is 0.394 e. The Hall–Kier alpha value is -1.79. The lowest BCUT2D eigenvalue weighted by atomic mass is 9.97. The fourth-order valence-electron chi connectivity index (χ4n) is 9.01. The van der Waals surface area contributed by atoms with Crippen LogP contribution in [0.4, 0.5) is 0 Å². The highest BCUT2D eigenvalue weighted by Crippen LogP contribution is 2.30. The number of nitrogens with one attached hydrogen (secondary N) is 1. The van der Waals surface area contributed by atoms with Crippen LogP contribution in [-0.4, -0.2) is 140 Å². The van der Waals surface area contributed by atoms with Gasteiger partial charge in [-0.1, -0.05) is 185 Å². The number of hydrogen-bond acceptors (Lipinski definition) is 13. The SMILES string of the molecule is CCCCCCCCC/C=C\CCCCCCCC(=O)NC(COC1OC(CO)C(OC2OC(CO)C(O)C(O)C2O)C(O)C1O)C(O)/C=C/CC/C=C/CCCCCCCCCCCCCCC. The van der Waals surface area contributed by atoms with E-state index in [1.807, 2.05) is 6.08 Å². The highest BCUT2D eigenvalue weighted by atomic mass is 16.7. The molecule has 2 heterocycles. The summed E-state index contributed by atoms with van der Waals surface area (Å²) < 4.78 is 22.7. The Morgan fingerprint density at radius 3 is 1.42 bits per heavy atom. The molecule has 0 aromatic carbocycles. The fraction of sp³-hybridized carbons (Fsp3) is 0.873. The molecule has 0 aliphatic carbocycles. The maximum Gasteiger partial charge on any atom is 0.220 e. The first-order chi connectivity index (χ1) is 33.6. The molecule has 1 amide bonds. The van der Waals surface area contributed by atoms with Gasteiger partial charge in [-0.3, -0.25) is 4.79 Å². The number of amides is 1. The number of aliphatic hydroxyl groups excluding tert-OH is 8. The van der Waals surface area contributed by atoms with Crippen LogP contribution < -0.4 is 5.32 Å². The molecule has 0 spiro atoms. The Morgan fingerprint density at radius 2 is 0.928 bits per heavy atom. The first-order valence-corrected chi connectivity index (χ1v) is 27.7. The second-order valence-electron chi connectivity index (χ2n) is 19.7. The van der Waals surface area contributed by atoms with Crippen molar-refractivity contribution in [2.75, 3.05) is 19.8 Å². The predicted octanol–water partition coefficient (Wildman–Crippen LogP) is 8.27. The van der Waals surface area contributed by atoms with Crippen LogP contribution >= 0.6 is 0 Å². The van der Waals surface area contributed by atoms with Crippen LogP contribution in [0.2, 0.25) is 0 Å². The molecule has 0 bridgehead atoms. The minimum atomic E-state index is -1.79. The van der Waals surface area contributed by atoms with E-state index in [4.69, 9.17) is 18.9 Å². The molecule has 2 saturated heterocycles. The first kappa shape index (κ1) is 63.3. The quantitative estimate of drug-likeness (QED) is 0.0207. The van der Waals surface area contributed by atoms with Crippen molar-refractivity contribution in [2.24, 2.45) is 0 Å². The van der Waals surface area contributed by atoms with Crippen LogP contribution in [0.1, 0.15) is 213 Å². The Kier molecular flexibility index (Phi) is 38.2. The number of allylic oxidation sites excluding steroid dienone is 5. The van der Waals surface area contributed by atoms with E-state index in [0.29, 0.717) is 12.8 Å². The van der Waals surface area contributed by atoms with Crippen LogP contribution in [0.15, 0.2) is 36.5 Å². The Balaban J connectivity index is 1.84. The zero-order chi connectivity index (χ0) is 50.3. The molecule has 14 nitrogen and oxygen atoms in total. The van der Waals surface area contributed by atoms with Gasteiger partial charge in [0, 0.05) is 6.42 Å². The van der Waals surface area contributed by atoms with Crippen molar-refractivity contribution >= 4 is 5.91 Å². The van der Waals surface area contributed by atoms with E-state index in [9.17, 15) is 45.6 Å². The fourth-order valence-corrected chi connectivity index (χ4v) is 9.01. The first-order valence-electron chi connectivity index (χ1n) is 27.7. The standard InChI is InChI=1S/C55H101NO13/c1-3-5-7-9-11-13-15-17-19-21-22-23-24-26-28-30-32-34-36-38-44(59)43(56-47(60)39-37-35-33-31-29-27-25-20-18-16-14-12-10-8-6-4-2)42-66-54-52(65)50(63)53(46(41-58)68-54)69-55-51(64)49(62)48(61)45(40-57)67-55/h20,25,28,30,36,38,43-46,48-55,57-59,61-65H,3-19,21-24,26-27,29,31-35,37,39-42H2,1-2H3,(H,56,60)/b25-20-,30-28+,38-36+. The third-order valence-electron chi connectivity index (χ3n) is 13.5. The molecule has 2 aliphatic rings. The molecule has 14 heteroatoms. The minimum absolute atomic E-state index is 0.258. The number of ether oxygens (including phenoxy) is 4. The molecule has 12 atom stereocenters. The molecule has 69 heavy (non-hydrogen) atoms. The molecule has 404 valence electrons. The van der Waals surface area contributed by atoms with E-state index in [-0.39, 0.29) is 18.9 Å². The summed E-state index contributed by atoms with van der Waals surface area (Å²) in [5.41, 5.74) is 0. The van der Waals surface area contributed by atoms with E-state index in [2.05, 4.69) is 43.5 Å². The van der Waals surface area contributed by atoms with Gasteiger partial charge in [-0.15, -0.1) is 0 Å². The Bertz CT molecular complexity index is 1300. The topological polar surface area (TPSA) is 228 Å². The summed E-state index contributed by atoms with van der Waals surface area (Å²) in [6, 6.07) is -0.934. The van der Waals surface area contributed by atoms with E-state index >= 15 is 0 Å². The third kappa shape index (κ3) is 28.3. The molecule has 0 saturated carbocycles. The highest BCUT2D eigenvalue weighted by molar-refractivity contribution is 5.76. The monoisotopic (exact) mass is 984 g/mol. The average Bonchev–Trinajstić information content (AvgIpc) is 3.35. The maximum atomic E-state index is 13.2. The van der Waals surface area contributed by atoms with Crippen molar-refractivity contribution in [3.63, 3.8) is 0 Å². The van der Waals surface area contributed by atoms with Crippen LogP contribution in [0.3, 0.4) is 0 Å². The van der Waals surface area contributed by atoms with Gasteiger partial charge in [0.2, 0.25) is 5.91 Å². The van der Waals surface area contributed by atoms with Crippen molar-refractivity contribution in [3.05, 3.63) is 36.5 Å². The van der Waals surface area contributed by atoms with Crippen molar-refractivity contribution in [2.45, 2.75) is 286 Å². The summed E-state index contributed by atoms with van der Waals surface area (Å²) in [4.78, 5) is 13.2. The smallest absolute Gasteiger partial charge is 0.220 e. The summed E-state index contributed by atoms with van der Waals surface area (Å²) in [6.45, 7) is 2.77. The molecule has 12 unspecified atom stereocenters. The van der Waals surface area contributed by atoms with Crippen LogP contribution in [0.5, 0.6) is 0 Å². The van der Waals surface area contributed by atoms with Gasteiger partial charge in [0.25, 0.3) is 0 Å². The van der Waals surface area contributed by atoms with E-state index < -0.39 is 86.8 Å². The van der Waals surface area contributed by atoms with Crippen molar-refractivity contribution in [1.82, 2.24) is 5.32 Å². The number of rotatable bonds is 43. The molecule has 2 rings (SSSR count). The number of aliphatic hydroxyl groups is 8. The van der Waals surface area contributed by atoms with E-state index in [1.54, 1.807) is 6.08 Å². The minimum Gasteiger partial charge on any atom is -0.394 e. The van der Waals surface area contributed by atoms with Gasteiger partial charge in [0.05, 0.1) is 32.0 Å². The molecule has 0 radical (unpaired) electrons. The summed E-state index contributed by atoms with van der Waals surface area (Å²) >= 11 is 0. The Morgan fingerprint density at radius 1 is 0.507 bits per heavy atom. The van der Waals surface area contributed by atoms with Gasteiger partial charge < -0.3 is 65.1 Å². The van der Waals surface area contributed by atoms with E-state index in [0.717, 1.165) is 51.4 Å². The normalized spacial score (nSPS) is 26.4. The number of unbranched alkanes of at least 4 members (excludes halogenated alkanes) is 26. The second-order valence-corrected chi connectivity index (χ2v) is 19.7. The Labute approximate surface area is 417 Å². The molecule has 0 aromatic heterocycles. The van der Waals surface area contributed by atoms with Crippen molar-refractivity contribution in [3.8, 4) is 0 Å². The van der Waals surface area contributed by atoms with Gasteiger partial charge in [0.15, 0.2) is 12.6 Å². The lowest BCUT2D eigenvalue weighted by Crippen LogP contribution is -2.65. The van der Waals surface area contributed by atoms with Crippen LogP contribution in [0.25, 0.3) is 0 Å². The summed E-state index contributed by atoms with van der Waals surface area (Å²) in [6.07, 6.45) is 31.8. The van der Waals surface area contributed by atoms with Crippen molar-refractivity contribution in [1.29, 1.82) is 0 Å². The van der Waals surface area contributed by atoms with Crippen LogP contribution in [-0.2, 0) is 23.7 Å². The summed E-state index contributed by atoms with van der Waals surface area (Å²) in [5.74, 6) is -0.258. The van der Waals surface area contributed by atoms with Crippen LogP contribution in [0, 0.1) is 0 Å². The second kappa shape index (κ2) is 41.7. The molecular formula is C55H101NO13. The highest BCUT2D eigenvalue weighted by Gasteiger charge is 2.51. The van der Waals surface area contributed by atoms with Gasteiger partial charge >= 0.3 is 0 Å². The summed E-state index contributed by atoms with van der Waals surface area (Å²) in [5, 5.41) is 86.9. The van der Waals surface area contributed by atoms with Gasteiger partial charge in [-0.25, -0.2) is 0 Å². The zero-order valence-corrected chi connectivity index (χ0v) is 43.1. The molecular weight excluding hydrogens is 883 g/mol. The molecule has 9 N–H and O–H groups in total. The van der Waals surface area contributed by atoms with Gasteiger partial charge in [-0.05, 0) is 57.8 Å². The molecule has 2 aliphatic heterocycles. The number of hydrogen-bond donors (Lipinski definition) is 9. The maximum absolute atomic E-state index is 13.2. The summed E-state index contributed by atoms with van der Waals surface area (Å²) in [7, 11) is 0. The lowest BCUT2D eigenvalue weighted by Gasteiger charge is -2.46. The molecule has 0 aromatic rings. The van der Waals surface area contributed by atoms with Gasteiger partial charge in [-0.2, -0.15) is 0 Å². The number of carbonyl (C=O) groups is 1. The predicted molar refractivity (Wildman–Crippen MR) is 272 cm³/mol. The van der Waals surface area contributed by atoms with Crippen molar-refractivity contribution < 1.29 is 64.6 Å². The number of carbonyl (C=O) groups excluding carboxylic acids is 1. The molecule has 2 fully saturated rings. The third-order valence-corrected chi connectivity index (χ3v) is 13.5. The lowest BCUT2D eigenvalue weighted by molar-refractivity contribution is -0.359. The zero-order valence-electron chi connectivity index (χ0n) is 43.1. The van der Waals surface area contributed by atoms with Gasteiger partial charge in [0.1, 0.15) is 48.8 Å². The van der Waals surface area contributed by atoms with E-state index in [1.165, 1.54) is 128 Å².